The van der Waals surface area contributed by atoms with Crippen molar-refractivity contribution in [1.29, 1.82) is 0 Å². The van der Waals surface area contributed by atoms with Crippen LogP contribution in [0.1, 0.15) is 11.1 Å². The highest BCUT2D eigenvalue weighted by molar-refractivity contribution is 7.89. The number of hydrogen-bond donors (Lipinski definition) is 2. The Labute approximate surface area is 119 Å². The molecule has 20 heavy (non-hydrogen) atoms. The zero-order valence-electron chi connectivity index (χ0n) is 11.2. The molecule has 106 valence electrons. The molecule has 0 saturated heterocycles. The molecule has 0 aliphatic carbocycles. The van der Waals surface area contributed by atoms with E-state index in [0.29, 0.717) is 11.4 Å². The lowest BCUT2D eigenvalue weighted by atomic mass is 10.2. The van der Waals surface area contributed by atoms with Crippen molar-refractivity contribution in [2.75, 3.05) is 7.05 Å². The van der Waals surface area contributed by atoms with Gasteiger partial charge in [-0.3, -0.25) is 4.98 Å². The topological polar surface area (TPSA) is 71.1 Å². The second-order valence-corrected chi connectivity index (χ2v) is 6.05. The maximum Gasteiger partial charge on any atom is 0.241 e. The third kappa shape index (κ3) is 3.63. The highest BCUT2D eigenvalue weighted by Crippen LogP contribution is 2.15. The zero-order chi connectivity index (χ0) is 14.4. The lowest BCUT2D eigenvalue weighted by Crippen LogP contribution is -2.25. The smallest absolute Gasteiger partial charge is 0.241 e. The summed E-state index contributed by atoms with van der Waals surface area (Å²) in [4.78, 5) is 4.21. The summed E-state index contributed by atoms with van der Waals surface area (Å²) >= 11 is 0. The fourth-order valence-corrected chi connectivity index (χ4v) is 3.11. The number of rotatable bonds is 6. The van der Waals surface area contributed by atoms with E-state index < -0.39 is 10.0 Å². The maximum absolute atomic E-state index is 12.3. The van der Waals surface area contributed by atoms with Gasteiger partial charge in [0.25, 0.3) is 0 Å². The quantitative estimate of drug-likeness (QED) is 0.841. The highest BCUT2D eigenvalue weighted by atomic mass is 32.2. The van der Waals surface area contributed by atoms with Crippen LogP contribution >= 0.6 is 0 Å². The van der Waals surface area contributed by atoms with Crippen LogP contribution in [0, 0.1) is 0 Å². The lowest BCUT2D eigenvalue weighted by molar-refractivity contribution is 0.579. The molecule has 6 heteroatoms. The van der Waals surface area contributed by atoms with Crippen molar-refractivity contribution < 1.29 is 8.42 Å². The first-order chi connectivity index (χ1) is 9.63. The molecule has 2 N–H and O–H groups in total. The number of hydrogen-bond acceptors (Lipinski definition) is 4. The molecule has 0 radical (unpaired) electrons. The minimum absolute atomic E-state index is 0.249. The number of sulfonamides is 1. The molecule has 1 aromatic carbocycles. The summed E-state index contributed by atoms with van der Waals surface area (Å²) in [5.41, 5.74) is 1.62. The van der Waals surface area contributed by atoms with Crippen LogP contribution in [0.4, 0.5) is 0 Å². The Morgan fingerprint density at radius 3 is 2.45 bits per heavy atom. The van der Waals surface area contributed by atoms with Gasteiger partial charge in [0.15, 0.2) is 0 Å². The fourth-order valence-electron chi connectivity index (χ4n) is 1.86. The van der Waals surface area contributed by atoms with E-state index in [0.717, 1.165) is 11.1 Å². The van der Waals surface area contributed by atoms with Gasteiger partial charge in [0.05, 0.1) is 4.90 Å². The summed E-state index contributed by atoms with van der Waals surface area (Å²) in [6, 6.07) is 10.5. The predicted molar refractivity (Wildman–Crippen MR) is 77.5 cm³/mol. The molecule has 0 bridgehead atoms. The Morgan fingerprint density at radius 1 is 1.05 bits per heavy atom. The van der Waals surface area contributed by atoms with E-state index in [4.69, 9.17) is 0 Å². The molecule has 5 nitrogen and oxygen atoms in total. The molecule has 0 amide bonds. The van der Waals surface area contributed by atoms with E-state index in [1.54, 1.807) is 49.8 Å². The largest absolute Gasteiger partial charge is 0.316 e. The molecule has 0 aliphatic rings. The van der Waals surface area contributed by atoms with Crippen molar-refractivity contribution in [3.63, 3.8) is 0 Å². The second-order valence-electron chi connectivity index (χ2n) is 4.32. The van der Waals surface area contributed by atoms with E-state index >= 15 is 0 Å². The van der Waals surface area contributed by atoms with Crippen molar-refractivity contribution >= 4 is 10.0 Å². The van der Waals surface area contributed by atoms with E-state index in [2.05, 4.69) is 15.0 Å². The maximum atomic E-state index is 12.3. The van der Waals surface area contributed by atoms with Gasteiger partial charge in [-0.05, 0) is 36.4 Å². The monoisotopic (exact) mass is 291 g/mol. The molecule has 0 atom stereocenters. The summed E-state index contributed by atoms with van der Waals surface area (Å²) in [5.74, 6) is 0. The molecular formula is C14H17N3O2S. The molecule has 1 heterocycles. The van der Waals surface area contributed by atoms with Gasteiger partial charge in [-0.2, -0.15) is 0 Å². The Hall–Kier alpha value is -1.76. The van der Waals surface area contributed by atoms with Gasteiger partial charge in [0.1, 0.15) is 0 Å². The van der Waals surface area contributed by atoms with Crippen molar-refractivity contribution in [3.05, 3.63) is 59.9 Å². The van der Waals surface area contributed by atoms with Gasteiger partial charge in [-0.1, -0.05) is 18.2 Å². The van der Waals surface area contributed by atoms with Gasteiger partial charge in [0.2, 0.25) is 10.0 Å². The predicted octanol–water partition coefficient (Wildman–Crippen LogP) is 1.28. The van der Waals surface area contributed by atoms with E-state index in [9.17, 15) is 8.42 Å². The second kappa shape index (κ2) is 6.60. The number of nitrogens with one attached hydrogen (secondary N) is 2. The molecule has 2 aromatic rings. The van der Waals surface area contributed by atoms with Crippen LogP contribution in [0.3, 0.4) is 0 Å². The molecule has 0 unspecified atom stereocenters. The summed E-state index contributed by atoms with van der Waals surface area (Å²) in [7, 11) is -1.74. The van der Waals surface area contributed by atoms with Gasteiger partial charge >= 0.3 is 0 Å². The molecule has 0 fully saturated rings. The third-order valence-electron chi connectivity index (χ3n) is 2.85. The summed E-state index contributed by atoms with van der Waals surface area (Å²) in [6.45, 7) is 0.755. The summed E-state index contributed by atoms with van der Waals surface area (Å²) in [5, 5.41) is 2.97. The zero-order valence-corrected chi connectivity index (χ0v) is 12.0. The van der Waals surface area contributed by atoms with Crippen molar-refractivity contribution in [1.82, 2.24) is 15.0 Å². The standard InChI is InChI=1S/C14H17N3O2S/c1-15-11-13-4-2-3-5-14(13)20(18,19)17-10-12-6-8-16-9-7-12/h2-9,15,17H,10-11H2,1H3. The van der Waals surface area contributed by atoms with Crippen molar-refractivity contribution in [3.8, 4) is 0 Å². The number of benzene rings is 1. The molecule has 1 aromatic heterocycles. The SMILES string of the molecule is CNCc1ccccc1S(=O)(=O)NCc1ccncc1. The van der Waals surface area contributed by atoms with Crippen molar-refractivity contribution in [2.24, 2.45) is 0 Å². The normalized spacial score (nSPS) is 11.4. The first kappa shape index (κ1) is 14.6. The van der Waals surface area contributed by atoms with Crippen LogP contribution < -0.4 is 10.0 Å². The van der Waals surface area contributed by atoms with Gasteiger partial charge in [0, 0.05) is 25.5 Å². The lowest BCUT2D eigenvalue weighted by Gasteiger charge is -2.11. The van der Waals surface area contributed by atoms with Crippen LogP contribution in [-0.2, 0) is 23.1 Å². The van der Waals surface area contributed by atoms with Crippen LogP contribution in [0.2, 0.25) is 0 Å². The Bertz CT molecular complexity index is 657. The number of aromatic nitrogens is 1. The number of pyridine rings is 1. The van der Waals surface area contributed by atoms with Crippen molar-refractivity contribution in [2.45, 2.75) is 18.0 Å². The molecule has 2 rings (SSSR count). The molecular weight excluding hydrogens is 274 g/mol. The Morgan fingerprint density at radius 2 is 1.75 bits per heavy atom. The fraction of sp³-hybridized carbons (Fsp3) is 0.214. The average Bonchev–Trinajstić information content (AvgIpc) is 2.47. The first-order valence-corrected chi connectivity index (χ1v) is 7.73. The van der Waals surface area contributed by atoms with E-state index in [1.807, 2.05) is 6.07 Å². The molecule has 0 saturated carbocycles. The van der Waals surface area contributed by atoms with Gasteiger partial charge in [-0.25, -0.2) is 13.1 Å². The van der Waals surface area contributed by atoms with Crippen LogP contribution in [0.25, 0.3) is 0 Å². The summed E-state index contributed by atoms with van der Waals surface area (Å²) < 4.78 is 27.3. The summed E-state index contributed by atoms with van der Waals surface area (Å²) in [6.07, 6.45) is 3.27. The molecule has 0 aliphatic heterocycles. The molecule has 0 spiro atoms. The van der Waals surface area contributed by atoms with Gasteiger partial charge < -0.3 is 5.32 Å². The third-order valence-corrected chi connectivity index (χ3v) is 4.35. The van der Waals surface area contributed by atoms with E-state index in [-0.39, 0.29) is 6.54 Å². The minimum atomic E-state index is -3.52. The van der Waals surface area contributed by atoms with Crippen LogP contribution in [0.5, 0.6) is 0 Å². The van der Waals surface area contributed by atoms with Gasteiger partial charge in [-0.15, -0.1) is 0 Å². The number of nitrogens with zero attached hydrogens (tertiary/aromatic N) is 1. The average molecular weight is 291 g/mol. The first-order valence-electron chi connectivity index (χ1n) is 6.24. The van der Waals surface area contributed by atoms with Crippen LogP contribution in [-0.4, -0.2) is 20.4 Å². The van der Waals surface area contributed by atoms with Crippen LogP contribution in [0.15, 0.2) is 53.7 Å². The van der Waals surface area contributed by atoms with E-state index in [1.165, 1.54) is 0 Å². The Balaban J connectivity index is 2.18. The highest BCUT2D eigenvalue weighted by Gasteiger charge is 2.17. The minimum Gasteiger partial charge on any atom is -0.316 e. The Kier molecular flexibility index (Phi) is 4.84.